The fraction of sp³-hybridized carbons (Fsp3) is 0.300. The Kier molecular flexibility index (Phi) is 4.20. The van der Waals surface area contributed by atoms with E-state index in [0.29, 0.717) is 0 Å². The zero-order valence-electron chi connectivity index (χ0n) is 7.35. The zero-order chi connectivity index (χ0) is 8.85. The van der Waals surface area contributed by atoms with Crippen LogP contribution in [0.4, 0.5) is 0 Å². The average Bonchev–Trinajstić information content (AvgIpc) is 1.87. The van der Waals surface area contributed by atoms with E-state index in [9.17, 15) is 4.79 Å². The van der Waals surface area contributed by atoms with Crippen LogP contribution in [-0.2, 0) is 4.79 Å². The molecule has 0 N–H and O–H groups in total. The molecule has 1 heteroatoms. The van der Waals surface area contributed by atoms with Crippen LogP contribution in [0.2, 0.25) is 0 Å². The van der Waals surface area contributed by atoms with Gasteiger partial charge in [0.1, 0.15) is 0 Å². The minimum absolute atomic E-state index is 0.113. The SMILES string of the molecule is C=CC=C(C)C=C(C)C(C)=O. The molecule has 0 atom stereocenters. The summed E-state index contributed by atoms with van der Waals surface area (Å²) in [4.78, 5) is 10.8. The van der Waals surface area contributed by atoms with E-state index in [1.165, 1.54) is 0 Å². The van der Waals surface area contributed by atoms with Gasteiger partial charge in [-0.25, -0.2) is 0 Å². The van der Waals surface area contributed by atoms with Gasteiger partial charge in [0.15, 0.2) is 5.78 Å². The van der Waals surface area contributed by atoms with Crippen LogP contribution in [0.3, 0.4) is 0 Å². The first-order chi connectivity index (χ1) is 5.07. The predicted molar refractivity (Wildman–Crippen MR) is 48.4 cm³/mol. The largest absolute Gasteiger partial charge is 0.295 e. The summed E-state index contributed by atoms with van der Waals surface area (Å²) >= 11 is 0. The van der Waals surface area contributed by atoms with Crippen LogP contribution < -0.4 is 0 Å². The third-order valence-corrected chi connectivity index (χ3v) is 1.38. The van der Waals surface area contributed by atoms with Crippen LogP contribution in [0.1, 0.15) is 20.8 Å². The molecule has 0 saturated carbocycles. The van der Waals surface area contributed by atoms with Crippen LogP contribution >= 0.6 is 0 Å². The maximum Gasteiger partial charge on any atom is 0.155 e. The van der Waals surface area contributed by atoms with Crippen LogP contribution in [-0.4, -0.2) is 5.78 Å². The van der Waals surface area contributed by atoms with Gasteiger partial charge in [0.05, 0.1) is 0 Å². The molecular formula is C10H14O. The predicted octanol–water partition coefficient (Wildman–Crippen LogP) is 2.65. The van der Waals surface area contributed by atoms with Gasteiger partial charge < -0.3 is 0 Å². The second-order valence-electron chi connectivity index (χ2n) is 2.53. The molecule has 0 heterocycles. The molecule has 1 nitrogen and oxygen atoms in total. The number of hydrogen-bond acceptors (Lipinski definition) is 1. The lowest BCUT2D eigenvalue weighted by Crippen LogP contribution is -1.90. The van der Waals surface area contributed by atoms with Gasteiger partial charge >= 0.3 is 0 Å². The average molecular weight is 150 g/mol. The molecule has 0 aromatic heterocycles. The van der Waals surface area contributed by atoms with Gasteiger partial charge in [-0.2, -0.15) is 0 Å². The number of allylic oxidation sites excluding steroid dienone is 5. The minimum atomic E-state index is 0.113. The molecular weight excluding hydrogens is 136 g/mol. The highest BCUT2D eigenvalue weighted by Crippen LogP contribution is 2.02. The Morgan fingerprint density at radius 3 is 2.18 bits per heavy atom. The summed E-state index contributed by atoms with van der Waals surface area (Å²) < 4.78 is 0. The molecule has 0 aliphatic carbocycles. The highest BCUT2D eigenvalue weighted by Gasteiger charge is 1.93. The second kappa shape index (κ2) is 4.67. The third kappa shape index (κ3) is 4.31. The molecule has 0 aromatic rings. The Hall–Kier alpha value is -1.11. The first kappa shape index (κ1) is 9.89. The summed E-state index contributed by atoms with van der Waals surface area (Å²) in [6.07, 6.45) is 5.43. The van der Waals surface area contributed by atoms with Crippen molar-refractivity contribution >= 4 is 5.78 Å². The van der Waals surface area contributed by atoms with Crippen LogP contribution in [0.5, 0.6) is 0 Å². The molecule has 11 heavy (non-hydrogen) atoms. The molecule has 0 spiro atoms. The lowest BCUT2D eigenvalue weighted by Gasteiger charge is -1.93. The van der Waals surface area contributed by atoms with Gasteiger partial charge in [-0.15, -0.1) is 0 Å². The lowest BCUT2D eigenvalue weighted by atomic mass is 10.1. The molecule has 0 unspecified atom stereocenters. The molecule has 0 saturated heterocycles. The van der Waals surface area contributed by atoms with Gasteiger partial charge in [0, 0.05) is 0 Å². The van der Waals surface area contributed by atoms with E-state index in [0.717, 1.165) is 11.1 Å². The standard InChI is InChI=1S/C10H14O/c1-5-6-8(2)7-9(3)10(4)11/h5-7H,1H2,2-4H3. The van der Waals surface area contributed by atoms with Gasteiger partial charge in [-0.05, 0) is 26.3 Å². The second-order valence-corrected chi connectivity index (χ2v) is 2.53. The van der Waals surface area contributed by atoms with E-state index in [-0.39, 0.29) is 5.78 Å². The maximum atomic E-state index is 10.8. The summed E-state index contributed by atoms with van der Waals surface area (Å²) in [6, 6.07) is 0. The molecule has 60 valence electrons. The van der Waals surface area contributed by atoms with Crippen molar-refractivity contribution in [2.24, 2.45) is 0 Å². The number of carbonyl (C=O) groups excluding carboxylic acids is 1. The fourth-order valence-electron chi connectivity index (χ4n) is 0.677. The first-order valence-corrected chi connectivity index (χ1v) is 3.56. The monoisotopic (exact) mass is 150 g/mol. The highest BCUT2D eigenvalue weighted by atomic mass is 16.1. The molecule has 0 aliphatic rings. The van der Waals surface area contributed by atoms with E-state index in [4.69, 9.17) is 0 Å². The van der Waals surface area contributed by atoms with Gasteiger partial charge in [0.2, 0.25) is 0 Å². The Bertz CT molecular complexity index is 219. The van der Waals surface area contributed by atoms with E-state index in [1.54, 1.807) is 13.0 Å². The van der Waals surface area contributed by atoms with E-state index < -0.39 is 0 Å². The minimum Gasteiger partial charge on any atom is -0.295 e. The van der Waals surface area contributed by atoms with Crippen molar-refractivity contribution in [1.82, 2.24) is 0 Å². The van der Waals surface area contributed by atoms with Crippen molar-refractivity contribution in [3.05, 3.63) is 36.0 Å². The highest BCUT2D eigenvalue weighted by molar-refractivity contribution is 5.93. The Labute approximate surface area is 68.1 Å². The third-order valence-electron chi connectivity index (χ3n) is 1.38. The summed E-state index contributed by atoms with van der Waals surface area (Å²) in [6.45, 7) is 8.87. The summed E-state index contributed by atoms with van der Waals surface area (Å²) in [5.41, 5.74) is 1.83. The quantitative estimate of drug-likeness (QED) is 0.446. The van der Waals surface area contributed by atoms with E-state index >= 15 is 0 Å². The van der Waals surface area contributed by atoms with Crippen molar-refractivity contribution in [3.63, 3.8) is 0 Å². The Balaban J connectivity index is 4.42. The molecule has 0 rings (SSSR count). The molecule has 0 bridgehead atoms. The molecule has 0 aliphatic heterocycles. The van der Waals surface area contributed by atoms with Crippen molar-refractivity contribution in [1.29, 1.82) is 0 Å². The number of ketones is 1. The van der Waals surface area contributed by atoms with E-state index in [1.807, 2.05) is 26.0 Å². The van der Waals surface area contributed by atoms with Crippen LogP contribution in [0.25, 0.3) is 0 Å². The van der Waals surface area contributed by atoms with Gasteiger partial charge in [-0.1, -0.05) is 30.4 Å². The summed E-state index contributed by atoms with van der Waals surface area (Å²) in [7, 11) is 0. The number of Topliss-reactive ketones (excluding diaryl/α,β-unsaturated/α-hetero) is 1. The van der Waals surface area contributed by atoms with Crippen molar-refractivity contribution in [2.45, 2.75) is 20.8 Å². The van der Waals surface area contributed by atoms with Gasteiger partial charge in [0.25, 0.3) is 0 Å². The first-order valence-electron chi connectivity index (χ1n) is 3.56. The van der Waals surface area contributed by atoms with Crippen LogP contribution in [0, 0.1) is 0 Å². The summed E-state index contributed by atoms with van der Waals surface area (Å²) in [5.74, 6) is 0.113. The molecule has 0 amide bonds. The Morgan fingerprint density at radius 2 is 1.82 bits per heavy atom. The van der Waals surface area contributed by atoms with Crippen molar-refractivity contribution < 1.29 is 4.79 Å². The van der Waals surface area contributed by atoms with Crippen molar-refractivity contribution in [3.8, 4) is 0 Å². The maximum absolute atomic E-state index is 10.8. The van der Waals surface area contributed by atoms with Gasteiger partial charge in [-0.3, -0.25) is 4.79 Å². The topological polar surface area (TPSA) is 17.1 Å². The number of carbonyl (C=O) groups is 1. The fourth-order valence-corrected chi connectivity index (χ4v) is 0.677. The smallest absolute Gasteiger partial charge is 0.155 e. The molecule has 0 radical (unpaired) electrons. The lowest BCUT2D eigenvalue weighted by molar-refractivity contribution is -0.113. The van der Waals surface area contributed by atoms with Crippen LogP contribution in [0.15, 0.2) is 36.0 Å². The van der Waals surface area contributed by atoms with Crippen molar-refractivity contribution in [2.75, 3.05) is 0 Å². The summed E-state index contributed by atoms with van der Waals surface area (Å²) in [5, 5.41) is 0. The Morgan fingerprint density at radius 1 is 1.27 bits per heavy atom. The normalized spacial score (nSPS) is 13.0. The van der Waals surface area contributed by atoms with E-state index in [2.05, 4.69) is 6.58 Å². The molecule has 0 aromatic carbocycles. The number of hydrogen-bond donors (Lipinski definition) is 0. The molecule has 0 fully saturated rings. The number of rotatable bonds is 3. The zero-order valence-corrected chi connectivity index (χ0v) is 7.35.